The summed E-state index contributed by atoms with van der Waals surface area (Å²) in [5.41, 5.74) is 0.779. The number of rotatable bonds is 7. The van der Waals surface area contributed by atoms with E-state index in [0.29, 0.717) is 5.82 Å². The predicted octanol–water partition coefficient (Wildman–Crippen LogP) is 3.26. The standard InChI is InChI=1S/C19H18Cl2N4O3S/c1-25-11-10-17(23-25)22-19(26)16(12-13-6-3-2-4-7-13)24-29(27,28)18-14(20)8-5-9-15(18)21/h2-11,16,24H,12H2,1H3,(H,22,23,26). The molecule has 1 aromatic heterocycles. The maximum absolute atomic E-state index is 13.0. The van der Waals surface area contributed by atoms with E-state index in [1.165, 1.54) is 16.8 Å². The van der Waals surface area contributed by atoms with Crippen molar-refractivity contribution in [2.45, 2.75) is 17.4 Å². The molecule has 152 valence electrons. The molecule has 3 aromatic rings. The lowest BCUT2D eigenvalue weighted by molar-refractivity contribution is -0.117. The Morgan fingerprint density at radius 3 is 2.31 bits per heavy atom. The Morgan fingerprint density at radius 2 is 1.72 bits per heavy atom. The van der Waals surface area contributed by atoms with Crippen molar-refractivity contribution >= 4 is 45.0 Å². The van der Waals surface area contributed by atoms with E-state index >= 15 is 0 Å². The number of nitrogens with zero attached hydrogens (tertiary/aromatic N) is 2. The molecule has 0 saturated carbocycles. The van der Waals surface area contributed by atoms with Crippen LogP contribution in [0.4, 0.5) is 5.82 Å². The quantitative estimate of drug-likeness (QED) is 0.575. The number of carbonyl (C=O) groups is 1. The molecule has 0 saturated heterocycles. The van der Waals surface area contributed by atoms with Crippen LogP contribution in [-0.4, -0.2) is 30.1 Å². The number of nitrogens with one attached hydrogen (secondary N) is 2. The number of amides is 1. The Morgan fingerprint density at radius 1 is 1.07 bits per heavy atom. The largest absolute Gasteiger partial charge is 0.308 e. The smallest absolute Gasteiger partial charge is 0.244 e. The summed E-state index contributed by atoms with van der Waals surface area (Å²) in [5, 5.41) is 6.64. The molecule has 0 fully saturated rings. The van der Waals surface area contributed by atoms with E-state index in [9.17, 15) is 13.2 Å². The molecule has 0 radical (unpaired) electrons. The Bertz CT molecular complexity index is 1100. The van der Waals surface area contributed by atoms with E-state index in [1.807, 2.05) is 18.2 Å². The van der Waals surface area contributed by atoms with Gasteiger partial charge in [0.05, 0.1) is 10.0 Å². The van der Waals surface area contributed by atoms with Crippen LogP contribution in [0.1, 0.15) is 5.56 Å². The van der Waals surface area contributed by atoms with Crippen LogP contribution in [0.25, 0.3) is 0 Å². The monoisotopic (exact) mass is 452 g/mol. The highest BCUT2D eigenvalue weighted by Gasteiger charge is 2.29. The number of anilines is 1. The molecular formula is C19H18Cl2N4O3S. The van der Waals surface area contributed by atoms with Gasteiger partial charge in [0.25, 0.3) is 0 Å². The van der Waals surface area contributed by atoms with Gasteiger partial charge in [-0.3, -0.25) is 9.48 Å². The van der Waals surface area contributed by atoms with Crippen LogP contribution >= 0.6 is 23.2 Å². The summed E-state index contributed by atoms with van der Waals surface area (Å²) < 4.78 is 29.9. The lowest BCUT2D eigenvalue weighted by Gasteiger charge is -2.19. The third kappa shape index (κ3) is 5.36. The number of benzene rings is 2. The molecule has 0 bridgehead atoms. The van der Waals surface area contributed by atoms with Crippen LogP contribution in [0.15, 0.2) is 65.7 Å². The number of aromatic nitrogens is 2. The summed E-state index contributed by atoms with van der Waals surface area (Å²) in [5.74, 6) is -0.246. The van der Waals surface area contributed by atoms with Crippen molar-refractivity contribution in [2.24, 2.45) is 7.05 Å². The van der Waals surface area contributed by atoms with E-state index < -0.39 is 22.0 Å². The lowest BCUT2D eigenvalue weighted by atomic mass is 10.1. The van der Waals surface area contributed by atoms with Crippen molar-refractivity contribution < 1.29 is 13.2 Å². The van der Waals surface area contributed by atoms with Crippen LogP contribution in [0.2, 0.25) is 10.0 Å². The fraction of sp³-hybridized carbons (Fsp3) is 0.158. The zero-order valence-corrected chi connectivity index (χ0v) is 17.7. The topological polar surface area (TPSA) is 93.1 Å². The summed E-state index contributed by atoms with van der Waals surface area (Å²) in [6.45, 7) is 0. The molecule has 0 spiro atoms. The molecule has 7 nitrogen and oxygen atoms in total. The average molecular weight is 453 g/mol. The molecule has 1 unspecified atom stereocenters. The first-order valence-electron chi connectivity index (χ1n) is 8.57. The molecule has 2 aromatic carbocycles. The summed E-state index contributed by atoms with van der Waals surface area (Å²) >= 11 is 12.1. The maximum atomic E-state index is 13.0. The lowest BCUT2D eigenvalue weighted by Crippen LogP contribution is -2.45. The first kappa shape index (κ1) is 21.3. The van der Waals surface area contributed by atoms with Gasteiger partial charge in [-0.25, -0.2) is 8.42 Å². The van der Waals surface area contributed by atoms with Crippen LogP contribution in [-0.2, 0) is 28.3 Å². The van der Waals surface area contributed by atoms with Gasteiger partial charge in [-0.2, -0.15) is 9.82 Å². The molecule has 29 heavy (non-hydrogen) atoms. The third-order valence-electron chi connectivity index (χ3n) is 4.05. The summed E-state index contributed by atoms with van der Waals surface area (Å²) in [6, 6.07) is 13.9. The fourth-order valence-corrected chi connectivity index (χ4v) is 5.06. The van der Waals surface area contributed by atoms with Crippen molar-refractivity contribution in [1.29, 1.82) is 0 Å². The second kappa shape index (κ2) is 8.96. The van der Waals surface area contributed by atoms with Gasteiger partial charge in [-0.05, 0) is 24.1 Å². The van der Waals surface area contributed by atoms with Crippen LogP contribution in [0.5, 0.6) is 0 Å². The van der Waals surface area contributed by atoms with Gasteiger partial charge >= 0.3 is 0 Å². The molecule has 0 aliphatic heterocycles. The zero-order valence-electron chi connectivity index (χ0n) is 15.3. The first-order chi connectivity index (χ1) is 13.8. The number of sulfonamides is 1. The van der Waals surface area contributed by atoms with Gasteiger partial charge in [0.1, 0.15) is 10.9 Å². The molecule has 3 rings (SSSR count). The van der Waals surface area contributed by atoms with Gasteiger partial charge in [0.15, 0.2) is 5.82 Å². The first-order valence-corrected chi connectivity index (χ1v) is 10.8. The van der Waals surface area contributed by atoms with E-state index in [-0.39, 0.29) is 21.4 Å². The number of hydrogen-bond acceptors (Lipinski definition) is 4. The zero-order chi connectivity index (χ0) is 21.0. The summed E-state index contributed by atoms with van der Waals surface area (Å²) in [4.78, 5) is 12.6. The van der Waals surface area contributed by atoms with Crippen molar-refractivity contribution in [2.75, 3.05) is 5.32 Å². The van der Waals surface area contributed by atoms with Gasteiger partial charge in [0.2, 0.25) is 15.9 Å². The molecule has 10 heteroatoms. The normalized spacial score (nSPS) is 12.5. The van der Waals surface area contributed by atoms with Crippen molar-refractivity contribution in [3.8, 4) is 0 Å². The Labute approximate surface area is 178 Å². The SMILES string of the molecule is Cn1ccc(NC(=O)C(Cc2ccccc2)NS(=O)(=O)c2c(Cl)cccc2Cl)n1. The second-order valence-electron chi connectivity index (χ2n) is 6.28. The number of halogens is 2. The maximum Gasteiger partial charge on any atom is 0.244 e. The summed E-state index contributed by atoms with van der Waals surface area (Å²) in [6.07, 6.45) is 1.79. The number of aryl methyl sites for hydroxylation is 1. The molecular weight excluding hydrogens is 435 g/mol. The average Bonchev–Trinajstić information content (AvgIpc) is 3.06. The minimum atomic E-state index is -4.17. The number of hydrogen-bond donors (Lipinski definition) is 2. The Balaban J connectivity index is 1.90. The van der Waals surface area contributed by atoms with Gasteiger partial charge in [-0.15, -0.1) is 0 Å². The van der Waals surface area contributed by atoms with Crippen molar-refractivity contribution in [3.63, 3.8) is 0 Å². The second-order valence-corrected chi connectivity index (χ2v) is 8.74. The van der Waals surface area contributed by atoms with Gasteiger partial charge < -0.3 is 5.32 Å². The highest BCUT2D eigenvalue weighted by Crippen LogP contribution is 2.29. The van der Waals surface area contributed by atoms with Gasteiger partial charge in [-0.1, -0.05) is 59.6 Å². The van der Waals surface area contributed by atoms with E-state index in [0.717, 1.165) is 5.56 Å². The molecule has 1 amide bonds. The van der Waals surface area contributed by atoms with Crippen molar-refractivity contribution in [1.82, 2.24) is 14.5 Å². The van der Waals surface area contributed by atoms with E-state index in [4.69, 9.17) is 23.2 Å². The van der Waals surface area contributed by atoms with Crippen LogP contribution in [0.3, 0.4) is 0 Å². The van der Waals surface area contributed by atoms with E-state index in [2.05, 4.69) is 15.1 Å². The van der Waals surface area contributed by atoms with Crippen molar-refractivity contribution in [3.05, 3.63) is 76.4 Å². The molecule has 1 atom stereocenters. The minimum Gasteiger partial charge on any atom is -0.308 e. The molecule has 0 aliphatic rings. The van der Waals surface area contributed by atoms with E-state index in [1.54, 1.807) is 37.5 Å². The van der Waals surface area contributed by atoms with Crippen LogP contribution in [0, 0.1) is 0 Å². The van der Waals surface area contributed by atoms with Gasteiger partial charge in [0, 0.05) is 19.3 Å². The third-order valence-corrected chi connectivity index (χ3v) is 6.48. The fourth-order valence-electron chi connectivity index (χ4n) is 2.72. The number of carbonyl (C=O) groups excluding carboxylic acids is 1. The van der Waals surface area contributed by atoms with Crippen LogP contribution < -0.4 is 10.0 Å². The molecule has 2 N–H and O–H groups in total. The molecule has 0 aliphatic carbocycles. The highest BCUT2D eigenvalue weighted by molar-refractivity contribution is 7.89. The Kier molecular flexibility index (Phi) is 6.59. The summed E-state index contributed by atoms with van der Waals surface area (Å²) in [7, 11) is -2.47. The molecule has 1 heterocycles. The highest BCUT2D eigenvalue weighted by atomic mass is 35.5. The predicted molar refractivity (Wildman–Crippen MR) is 113 cm³/mol. The minimum absolute atomic E-state index is 0.0337. The Hall–Kier alpha value is -2.39.